The molecular formula is C15H21N5. The van der Waals surface area contributed by atoms with E-state index in [0.29, 0.717) is 5.82 Å². The minimum Gasteiger partial charge on any atom is -0.370 e. The highest BCUT2D eigenvalue weighted by Crippen LogP contribution is 2.18. The molecule has 5 nitrogen and oxygen atoms in total. The van der Waals surface area contributed by atoms with Crippen LogP contribution < -0.4 is 16.4 Å². The zero-order valence-corrected chi connectivity index (χ0v) is 12.0. The van der Waals surface area contributed by atoms with Crippen LogP contribution in [0, 0.1) is 0 Å². The number of aromatic nitrogens is 2. The Hall–Kier alpha value is -2.30. The first-order valence-corrected chi connectivity index (χ1v) is 6.95. The number of anilines is 4. The van der Waals surface area contributed by atoms with Crippen LogP contribution in [0.5, 0.6) is 0 Å². The fourth-order valence-corrected chi connectivity index (χ4v) is 1.85. The molecule has 0 radical (unpaired) electrons. The standard InChI is InChI=1S/C15H21N5/c1-3-9-17-13-10-14(20-15(16)19-13)18-12-7-5-11(4-2)6-8-12/h5-8,10H,3-4,9H2,1-2H3,(H4,16,17,18,19,20). The average molecular weight is 271 g/mol. The Balaban J connectivity index is 2.12. The molecule has 1 aromatic heterocycles. The van der Waals surface area contributed by atoms with Crippen molar-refractivity contribution in [3.63, 3.8) is 0 Å². The van der Waals surface area contributed by atoms with Crippen molar-refractivity contribution in [3.05, 3.63) is 35.9 Å². The van der Waals surface area contributed by atoms with Crippen molar-refractivity contribution in [1.29, 1.82) is 0 Å². The van der Waals surface area contributed by atoms with Crippen molar-refractivity contribution in [2.75, 3.05) is 22.9 Å². The molecule has 0 aliphatic heterocycles. The van der Waals surface area contributed by atoms with Gasteiger partial charge in [-0.25, -0.2) is 0 Å². The molecule has 0 spiro atoms. The van der Waals surface area contributed by atoms with Gasteiger partial charge in [-0.05, 0) is 30.5 Å². The summed E-state index contributed by atoms with van der Waals surface area (Å²) in [6, 6.07) is 10.1. The van der Waals surface area contributed by atoms with Crippen LogP contribution in [-0.4, -0.2) is 16.5 Å². The summed E-state index contributed by atoms with van der Waals surface area (Å²) in [5.74, 6) is 1.70. The number of nitrogens with one attached hydrogen (secondary N) is 2. The van der Waals surface area contributed by atoms with Gasteiger partial charge in [0.25, 0.3) is 0 Å². The van der Waals surface area contributed by atoms with Crippen molar-refractivity contribution >= 4 is 23.3 Å². The third kappa shape index (κ3) is 3.85. The predicted molar refractivity (Wildman–Crippen MR) is 84.3 cm³/mol. The topological polar surface area (TPSA) is 75.9 Å². The Kier molecular flexibility index (Phi) is 4.76. The number of hydrogen-bond donors (Lipinski definition) is 3. The summed E-state index contributed by atoms with van der Waals surface area (Å²) in [6.07, 6.45) is 2.07. The van der Waals surface area contributed by atoms with Gasteiger partial charge in [0.05, 0.1) is 0 Å². The van der Waals surface area contributed by atoms with Gasteiger partial charge in [0.2, 0.25) is 5.95 Å². The summed E-state index contributed by atoms with van der Waals surface area (Å²) < 4.78 is 0. The SMILES string of the molecule is CCCNc1cc(Nc2ccc(CC)cc2)nc(N)n1. The quantitative estimate of drug-likeness (QED) is 0.752. The van der Waals surface area contributed by atoms with Crippen molar-refractivity contribution < 1.29 is 0 Å². The summed E-state index contributed by atoms with van der Waals surface area (Å²) in [5, 5.41) is 6.45. The van der Waals surface area contributed by atoms with Crippen LogP contribution in [0.25, 0.3) is 0 Å². The highest BCUT2D eigenvalue weighted by Gasteiger charge is 2.02. The van der Waals surface area contributed by atoms with Crippen LogP contribution in [0.2, 0.25) is 0 Å². The number of nitrogens with zero attached hydrogens (tertiary/aromatic N) is 2. The van der Waals surface area contributed by atoms with Gasteiger partial charge < -0.3 is 16.4 Å². The van der Waals surface area contributed by atoms with E-state index >= 15 is 0 Å². The first-order valence-electron chi connectivity index (χ1n) is 6.95. The Labute approximate surface area is 119 Å². The van der Waals surface area contributed by atoms with E-state index in [2.05, 4.69) is 46.6 Å². The van der Waals surface area contributed by atoms with Crippen LogP contribution in [0.15, 0.2) is 30.3 Å². The van der Waals surface area contributed by atoms with E-state index in [1.807, 2.05) is 18.2 Å². The number of hydrogen-bond acceptors (Lipinski definition) is 5. The maximum Gasteiger partial charge on any atom is 0.223 e. The van der Waals surface area contributed by atoms with Crippen LogP contribution in [0.4, 0.5) is 23.3 Å². The maximum atomic E-state index is 5.73. The van der Waals surface area contributed by atoms with Crippen LogP contribution in [0.1, 0.15) is 25.8 Å². The highest BCUT2D eigenvalue weighted by atomic mass is 15.1. The number of nitrogens with two attached hydrogens (primary N) is 1. The predicted octanol–water partition coefficient (Wildman–Crippen LogP) is 3.19. The molecule has 4 N–H and O–H groups in total. The zero-order valence-electron chi connectivity index (χ0n) is 12.0. The second kappa shape index (κ2) is 6.75. The van der Waals surface area contributed by atoms with E-state index in [9.17, 15) is 0 Å². The molecule has 0 saturated carbocycles. The molecule has 0 bridgehead atoms. The summed E-state index contributed by atoms with van der Waals surface area (Å²) in [6.45, 7) is 5.10. The van der Waals surface area contributed by atoms with Crippen LogP contribution >= 0.6 is 0 Å². The van der Waals surface area contributed by atoms with E-state index in [1.54, 1.807) is 0 Å². The molecule has 2 aromatic rings. The minimum atomic E-state index is 0.263. The Morgan fingerprint density at radius 1 is 1.05 bits per heavy atom. The minimum absolute atomic E-state index is 0.263. The van der Waals surface area contributed by atoms with Crippen molar-refractivity contribution in [1.82, 2.24) is 9.97 Å². The average Bonchev–Trinajstić information content (AvgIpc) is 2.45. The molecule has 0 amide bonds. The Bertz CT molecular complexity index is 551. The first kappa shape index (κ1) is 14.1. The Morgan fingerprint density at radius 2 is 1.75 bits per heavy atom. The second-order valence-corrected chi connectivity index (χ2v) is 4.60. The second-order valence-electron chi connectivity index (χ2n) is 4.60. The lowest BCUT2D eigenvalue weighted by Crippen LogP contribution is -2.06. The van der Waals surface area contributed by atoms with E-state index in [-0.39, 0.29) is 5.95 Å². The summed E-state index contributed by atoms with van der Waals surface area (Å²) in [4.78, 5) is 8.35. The summed E-state index contributed by atoms with van der Waals surface area (Å²) in [7, 11) is 0. The number of rotatable bonds is 6. The molecule has 0 saturated heterocycles. The number of nitrogen functional groups attached to an aromatic ring is 1. The van der Waals surface area contributed by atoms with Gasteiger partial charge in [0, 0.05) is 18.3 Å². The molecule has 20 heavy (non-hydrogen) atoms. The van der Waals surface area contributed by atoms with Gasteiger partial charge in [-0.1, -0.05) is 26.0 Å². The lowest BCUT2D eigenvalue weighted by Gasteiger charge is -2.10. The molecule has 1 heterocycles. The molecule has 2 rings (SSSR count). The van der Waals surface area contributed by atoms with Gasteiger partial charge >= 0.3 is 0 Å². The van der Waals surface area contributed by atoms with Crippen LogP contribution in [0.3, 0.4) is 0 Å². The van der Waals surface area contributed by atoms with E-state index in [4.69, 9.17) is 5.73 Å². The molecule has 0 unspecified atom stereocenters. The van der Waals surface area contributed by atoms with Gasteiger partial charge in [0.15, 0.2) is 0 Å². The molecule has 0 fully saturated rings. The fourth-order valence-electron chi connectivity index (χ4n) is 1.85. The van der Waals surface area contributed by atoms with Crippen LogP contribution in [-0.2, 0) is 6.42 Å². The third-order valence-corrected chi connectivity index (χ3v) is 2.93. The number of aryl methyl sites for hydroxylation is 1. The molecule has 0 aliphatic rings. The fraction of sp³-hybridized carbons (Fsp3) is 0.333. The maximum absolute atomic E-state index is 5.73. The van der Waals surface area contributed by atoms with Crippen molar-refractivity contribution in [2.24, 2.45) is 0 Å². The molecular weight excluding hydrogens is 250 g/mol. The Morgan fingerprint density at radius 3 is 2.40 bits per heavy atom. The zero-order chi connectivity index (χ0) is 14.4. The normalized spacial score (nSPS) is 10.3. The van der Waals surface area contributed by atoms with Gasteiger partial charge in [0.1, 0.15) is 11.6 Å². The van der Waals surface area contributed by atoms with E-state index in [0.717, 1.165) is 30.9 Å². The molecule has 0 aliphatic carbocycles. The van der Waals surface area contributed by atoms with Crippen molar-refractivity contribution in [3.8, 4) is 0 Å². The van der Waals surface area contributed by atoms with E-state index < -0.39 is 0 Å². The highest BCUT2D eigenvalue weighted by molar-refractivity contribution is 5.60. The monoisotopic (exact) mass is 271 g/mol. The lowest BCUT2D eigenvalue weighted by molar-refractivity contribution is 0.967. The van der Waals surface area contributed by atoms with E-state index in [1.165, 1.54) is 5.56 Å². The van der Waals surface area contributed by atoms with Gasteiger partial charge in [-0.2, -0.15) is 9.97 Å². The van der Waals surface area contributed by atoms with Gasteiger partial charge in [-0.15, -0.1) is 0 Å². The van der Waals surface area contributed by atoms with Gasteiger partial charge in [-0.3, -0.25) is 0 Å². The number of benzene rings is 1. The molecule has 106 valence electrons. The molecule has 1 aromatic carbocycles. The molecule has 5 heteroatoms. The largest absolute Gasteiger partial charge is 0.370 e. The summed E-state index contributed by atoms with van der Waals surface area (Å²) >= 11 is 0. The first-order chi connectivity index (χ1) is 9.71. The smallest absolute Gasteiger partial charge is 0.223 e. The summed E-state index contributed by atoms with van der Waals surface area (Å²) in [5.41, 5.74) is 8.02. The van der Waals surface area contributed by atoms with Crippen molar-refractivity contribution in [2.45, 2.75) is 26.7 Å². The third-order valence-electron chi connectivity index (χ3n) is 2.93. The lowest BCUT2D eigenvalue weighted by atomic mass is 10.1. The molecule has 0 atom stereocenters.